The Hall–Kier alpha value is -2.70. The molecule has 1 amide bonds. The molecule has 7 nitrogen and oxygen atoms in total. The lowest BCUT2D eigenvalue weighted by atomic mass is 10.2. The van der Waals surface area contributed by atoms with Gasteiger partial charge in [0.1, 0.15) is 11.7 Å². The van der Waals surface area contributed by atoms with Gasteiger partial charge in [-0.15, -0.1) is 0 Å². The topological polar surface area (TPSA) is 75.1 Å². The third kappa shape index (κ3) is 3.01. The molecule has 0 bridgehead atoms. The van der Waals surface area contributed by atoms with E-state index >= 15 is 0 Å². The van der Waals surface area contributed by atoms with Crippen LogP contribution >= 0.6 is 0 Å². The Kier molecular flexibility index (Phi) is 4.57. The van der Waals surface area contributed by atoms with Crippen LogP contribution < -0.4 is 5.01 Å². The minimum atomic E-state index is -0.713. The number of hydrogen-bond acceptors (Lipinski definition) is 6. The Morgan fingerprint density at radius 3 is 2.76 bits per heavy atom. The van der Waals surface area contributed by atoms with E-state index in [0.717, 1.165) is 11.4 Å². The number of rotatable bonds is 3. The van der Waals surface area contributed by atoms with E-state index in [1.807, 2.05) is 32.0 Å². The van der Waals surface area contributed by atoms with E-state index in [1.165, 1.54) is 4.90 Å². The number of esters is 1. The molecule has 7 heteroatoms. The Morgan fingerprint density at radius 1 is 1.36 bits per heavy atom. The summed E-state index contributed by atoms with van der Waals surface area (Å²) in [5, 5.41) is 6.39. The van der Waals surface area contributed by atoms with Gasteiger partial charge in [-0.25, -0.2) is 9.99 Å². The SMILES string of the molecule is CCC(=O)OC1C(C)=C(C)C(=O)N1C1=NN(c2ccccn2)C(C)C1. The molecule has 0 saturated carbocycles. The van der Waals surface area contributed by atoms with Crippen molar-refractivity contribution in [3.8, 4) is 0 Å². The normalized spacial score (nSPS) is 23.4. The first kappa shape index (κ1) is 17.1. The van der Waals surface area contributed by atoms with Gasteiger partial charge < -0.3 is 4.74 Å². The Labute approximate surface area is 147 Å². The average molecular weight is 342 g/mol. The zero-order chi connectivity index (χ0) is 18.1. The number of pyridine rings is 1. The van der Waals surface area contributed by atoms with E-state index in [9.17, 15) is 9.59 Å². The predicted octanol–water partition coefficient (Wildman–Crippen LogP) is 2.45. The fourth-order valence-electron chi connectivity index (χ4n) is 2.96. The summed E-state index contributed by atoms with van der Waals surface area (Å²) in [7, 11) is 0. The lowest BCUT2D eigenvalue weighted by molar-refractivity contribution is -0.153. The minimum absolute atomic E-state index is 0.0569. The van der Waals surface area contributed by atoms with Gasteiger partial charge in [0.25, 0.3) is 5.91 Å². The Morgan fingerprint density at radius 2 is 2.12 bits per heavy atom. The molecule has 0 spiro atoms. The highest BCUT2D eigenvalue weighted by Gasteiger charge is 2.43. The summed E-state index contributed by atoms with van der Waals surface area (Å²) in [6, 6.07) is 5.67. The number of aromatic nitrogens is 1. The lowest BCUT2D eigenvalue weighted by Crippen LogP contribution is -2.42. The van der Waals surface area contributed by atoms with Gasteiger partial charge in [-0.1, -0.05) is 13.0 Å². The summed E-state index contributed by atoms with van der Waals surface area (Å²) >= 11 is 0. The third-order valence-corrected chi connectivity index (χ3v) is 4.55. The quantitative estimate of drug-likeness (QED) is 0.789. The number of carbonyl (C=O) groups excluding carboxylic acids is 2. The van der Waals surface area contributed by atoms with Crippen LogP contribution in [0.4, 0.5) is 5.82 Å². The fraction of sp³-hybridized carbons (Fsp3) is 0.444. The average Bonchev–Trinajstić information content (AvgIpc) is 3.09. The number of amides is 1. The summed E-state index contributed by atoms with van der Waals surface area (Å²) in [6.45, 7) is 7.31. The molecule has 25 heavy (non-hydrogen) atoms. The van der Waals surface area contributed by atoms with Crippen LogP contribution in [0.3, 0.4) is 0 Å². The van der Waals surface area contributed by atoms with Crippen LogP contribution in [0, 0.1) is 0 Å². The number of nitrogens with zero attached hydrogens (tertiary/aromatic N) is 4. The van der Waals surface area contributed by atoms with Crippen molar-refractivity contribution in [3.63, 3.8) is 0 Å². The summed E-state index contributed by atoms with van der Waals surface area (Å²) in [6.07, 6.45) is 1.82. The molecule has 2 unspecified atom stereocenters. The highest BCUT2D eigenvalue weighted by molar-refractivity contribution is 6.10. The maximum atomic E-state index is 12.7. The molecular weight excluding hydrogens is 320 g/mol. The minimum Gasteiger partial charge on any atom is -0.437 e. The van der Waals surface area contributed by atoms with E-state index in [2.05, 4.69) is 10.1 Å². The number of hydrogen-bond donors (Lipinski definition) is 0. The summed E-state index contributed by atoms with van der Waals surface area (Å²) in [5.41, 5.74) is 1.35. The van der Waals surface area contributed by atoms with E-state index in [4.69, 9.17) is 4.74 Å². The fourth-order valence-corrected chi connectivity index (χ4v) is 2.96. The standard InChI is InChI=1S/C18H22N4O3/c1-5-16(23)25-18-13(4)12(3)17(24)21(18)15-10-11(2)22(20-15)14-8-6-7-9-19-14/h6-9,11,18H,5,10H2,1-4H3. The predicted molar refractivity (Wildman–Crippen MR) is 93.6 cm³/mol. The molecule has 0 saturated heterocycles. The van der Waals surface area contributed by atoms with E-state index < -0.39 is 6.23 Å². The van der Waals surface area contributed by atoms with Gasteiger partial charge in [0.15, 0.2) is 0 Å². The van der Waals surface area contributed by atoms with Crippen LogP contribution in [0.1, 0.15) is 40.5 Å². The van der Waals surface area contributed by atoms with Gasteiger partial charge in [0.2, 0.25) is 6.23 Å². The second kappa shape index (κ2) is 6.66. The molecule has 3 rings (SSSR count). The van der Waals surface area contributed by atoms with Crippen molar-refractivity contribution in [2.24, 2.45) is 5.10 Å². The highest BCUT2D eigenvalue weighted by atomic mass is 16.6. The molecule has 0 aromatic carbocycles. The van der Waals surface area contributed by atoms with Crippen molar-refractivity contribution < 1.29 is 14.3 Å². The monoisotopic (exact) mass is 342 g/mol. The smallest absolute Gasteiger partial charge is 0.307 e. The zero-order valence-electron chi connectivity index (χ0n) is 14.9. The van der Waals surface area contributed by atoms with Gasteiger partial charge in [-0.2, -0.15) is 5.10 Å². The molecule has 3 heterocycles. The molecule has 0 N–H and O–H groups in total. The number of hydrazone groups is 1. The van der Waals surface area contributed by atoms with E-state index in [-0.39, 0.29) is 24.3 Å². The molecule has 0 aliphatic carbocycles. The molecule has 132 valence electrons. The first-order valence-corrected chi connectivity index (χ1v) is 8.42. The first-order chi connectivity index (χ1) is 11.9. The van der Waals surface area contributed by atoms with Crippen molar-refractivity contribution in [1.82, 2.24) is 9.88 Å². The molecule has 0 radical (unpaired) electrons. The van der Waals surface area contributed by atoms with Crippen molar-refractivity contribution >= 4 is 23.5 Å². The zero-order valence-corrected chi connectivity index (χ0v) is 14.9. The molecule has 0 fully saturated rings. The van der Waals surface area contributed by atoms with Crippen molar-refractivity contribution in [2.45, 2.75) is 52.8 Å². The summed E-state index contributed by atoms with van der Waals surface area (Å²) in [4.78, 5) is 30.3. The summed E-state index contributed by atoms with van der Waals surface area (Å²) < 4.78 is 5.51. The van der Waals surface area contributed by atoms with Gasteiger partial charge in [0.05, 0.1) is 6.04 Å². The van der Waals surface area contributed by atoms with E-state index in [0.29, 0.717) is 17.8 Å². The van der Waals surface area contributed by atoms with Gasteiger partial charge >= 0.3 is 5.97 Å². The van der Waals surface area contributed by atoms with Crippen LogP contribution in [0.15, 0.2) is 40.6 Å². The van der Waals surface area contributed by atoms with Gasteiger partial charge in [0, 0.05) is 24.6 Å². The molecule has 2 aliphatic heterocycles. The van der Waals surface area contributed by atoms with Crippen LogP contribution in [0.2, 0.25) is 0 Å². The second-order valence-electron chi connectivity index (χ2n) is 6.28. The molecule has 2 aliphatic rings. The largest absolute Gasteiger partial charge is 0.437 e. The highest BCUT2D eigenvalue weighted by Crippen LogP contribution is 2.31. The number of anilines is 1. The van der Waals surface area contributed by atoms with Crippen molar-refractivity contribution in [2.75, 3.05) is 5.01 Å². The lowest BCUT2D eigenvalue weighted by Gasteiger charge is -2.25. The Balaban J connectivity index is 1.91. The molecule has 2 atom stereocenters. The van der Waals surface area contributed by atoms with Crippen LogP contribution in [0.25, 0.3) is 0 Å². The van der Waals surface area contributed by atoms with Crippen LogP contribution in [-0.2, 0) is 14.3 Å². The first-order valence-electron chi connectivity index (χ1n) is 8.42. The van der Waals surface area contributed by atoms with Crippen LogP contribution in [0.5, 0.6) is 0 Å². The maximum Gasteiger partial charge on any atom is 0.307 e. The second-order valence-corrected chi connectivity index (χ2v) is 6.28. The van der Waals surface area contributed by atoms with Gasteiger partial charge in [-0.05, 0) is 38.5 Å². The Bertz CT molecular complexity index is 757. The van der Waals surface area contributed by atoms with E-state index in [1.54, 1.807) is 25.1 Å². The van der Waals surface area contributed by atoms with Gasteiger partial charge in [-0.3, -0.25) is 14.5 Å². The number of amidine groups is 1. The summed E-state index contributed by atoms with van der Waals surface area (Å²) in [5.74, 6) is 0.804. The van der Waals surface area contributed by atoms with Crippen molar-refractivity contribution in [3.05, 3.63) is 35.5 Å². The molecule has 1 aromatic heterocycles. The molecular formula is C18H22N4O3. The number of ether oxygens (including phenoxy) is 1. The third-order valence-electron chi connectivity index (χ3n) is 4.55. The van der Waals surface area contributed by atoms with Crippen molar-refractivity contribution in [1.29, 1.82) is 0 Å². The maximum absolute atomic E-state index is 12.7. The van der Waals surface area contributed by atoms with Crippen LogP contribution in [-0.4, -0.2) is 39.9 Å². The molecule has 1 aromatic rings. The number of carbonyl (C=O) groups is 2.